The molecular weight excluding hydrogens is 240 g/mol. The minimum absolute atomic E-state index is 1.03. The molecule has 0 fully saturated rings. The van der Waals surface area contributed by atoms with Crippen LogP contribution in [0.5, 0.6) is 0 Å². The predicted octanol–water partition coefficient (Wildman–Crippen LogP) is 4.18. The average molecular weight is 252 g/mol. The number of pyridine rings is 1. The van der Waals surface area contributed by atoms with Gasteiger partial charge in [0.05, 0.1) is 5.69 Å². The van der Waals surface area contributed by atoms with Gasteiger partial charge in [-0.1, -0.05) is 30.3 Å². The zero-order valence-electron chi connectivity index (χ0n) is 10.00. The van der Waals surface area contributed by atoms with Gasteiger partial charge in [0, 0.05) is 28.4 Å². The van der Waals surface area contributed by atoms with E-state index in [2.05, 4.69) is 24.0 Å². The number of thiazole rings is 1. The third kappa shape index (κ3) is 2.05. The lowest BCUT2D eigenvalue weighted by atomic mass is 10.1. The van der Waals surface area contributed by atoms with E-state index in [1.807, 2.05) is 36.5 Å². The summed E-state index contributed by atoms with van der Waals surface area (Å²) in [6.07, 6.45) is 3.63. The number of hydrogen-bond donors (Lipinski definition) is 0. The third-order valence-corrected chi connectivity index (χ3v) is 3.77. The fourth-order valence-electron chi connectivity index (χ4n) is 1.87. The molecule has 88 valence electrons. The largest absolute Gasteiger partial charge is 0.264 e. The molecule has 2 heterocycles. The van der Waals surface area contributed by atoms with Crippen LogP contribution in [0.15, 0.2) is 54.9 Å². The van der Waals surface area contributed by atoms with E-state index in [-0.39, 0.29) is 0 Å². The van der Waals surface area contributed by atoms with Crippen molar-refractivity contribution < 1.29 is 0 Å². The van der Waals surface area contributed by atoms with Crippen molar-refractivity contribution in [1.82, 2.24) is 9.97 Å². The van der Waals surface area contributed by atoms with Gasteiger partial charge >= 0.3 is 0 Å². The molecule has 0 N–H and O–H groups in total. The van der Waals surface area contributed by atoms with E-state index in [9.17, 15) is 0 Å². The summed E-state index contributed by atoms with van der Waals surface area (Å²) in [6.45, 7) is 2.11. The van der Waals surface area contributed by atoms with E-state index in [4.69, 9.17) is 4.98 Å². The van der Waals surface area contributed by atoms with Crippen molar-refractivity contribution in [2.75, 3.05) is 0 Å². The van der Waals surface area contributed by atoms with Gasteiger partial charge < -0.3 is 0 Å². The Labute approximate surface area is 110 Å². The van der Waals surface area contributed by atoms with Crippen LogP contribution in [0.3, 0.4) is 0 Å². The number of aryl methyl sites for hydroxylation is 1. The molecule has 1 aromatic carbocycles. The molecule has 18 heavy (non-hydrogen) atoms. The standard InChI is InChI=1S/C15H12N2S/c1-11-14(12-6-3-2-4-7-12)17-15(18-11)13-8-5-9-16-10-13/h2-10H,1H3. The number of benzene rings is 1. The first-order chi connectivity index (χ1) is 8.84. The van der Waals surface area contributed by atoms with Gasteiger partial charge in [-0.15, -0.1) is 11.3 Å². The van der Waals surface area contributed by atoms with Crippen LogP contribution in [0.25, 0.3) is 21.8 Å². The van der Waals surface area contributed by atoms with Crippen LogP contribution in [0, 0.1) is 6.92 Å². The highest BCUT2D eigenvalue weighted by Gasteiger charge is 2.10. The smallest absolute Gasteiger partial charge is 0.125 e. The Bertz CT molecular complexity index is 645. The van der Waals surface area contributed by atoms with Crippen LogP contribution in [0.2, 0.25) is 0 Å². The number of rotatable bonds is 2. The van der Waals surface area contributed by atoms with Gasteiger partial charge in [0.2, 0.25) is 0 Å². The fourth-order valence-corrected chi connectivity index (χ4v) is 2.80. The zero-order chi connectivity index (χ0) is 12.4. The lowest BCUT2D eigenvalue weighted by Gasteiger charge is -1.97. The molecule has 3 heteroatoms. The average Bonchev–Trinajstić information content (AvgIpc) is 2.83. The van der Waals surface area contributed by atoms with Crippen molar-refractivity contribution >= 4 is 11.3 Å². The van der Waals surface area contributed by atoms with Crippen molar-refractivity contribution in [2.24, 2.45) is 0 Å². The van der Waals surface area contributed by atoms with E-state index in [1.54, 1.807) is 17.5 Å². The maximum absolute atomic E-state index is 4.73. The molecule has 2 aromatic heterocycles. The minimum atomic E-state index is 1.03. The Morgan fingerprint density at radius 2 is 1.72 bits per heavy atom. The fraction of sp³-hybridized carbons (Fsp3) is 0.0667. The first-order valence-corrected chi connectivity index (χ1v) is 6.59. The highest BCUT2D eigenvalue weighted by molar-refractivity contribution is 7.15. The molecule has 0 amide bonds. The lowest BCUT2D eigenvalue weighted by molar-refractivity contribution is 1.31. The van der Waals surface area contributed by atoms with Crippen LogP contribution in [-0.4, -0.2) is 9.97 Å². The maximum atomic E-state index is 4.73. The van der Waals surface area contributed by atoms with Gasteiger partial charge in [-0.05, 0) is 19.1 Å². The van der Waals surface area contributed by atoms with Crippen molar-refractivity contribution in [1.29, 1.82) is 0 Å². The van der Waals surface area contributed by atoms with E-state index in [1.165, 1.54) is 10.4 Å². The summed E-state index contributed by atoms with van der Waals surface area (Å²) < 4.78 is 0. The van der Waals surface area contributed by atoms with Gasteiger partial charge in [-0.25, -0.2) is 4.98 Å². The van der Waals surface area contributed by atoms with Crippen molar-refractivity contribution in [3.05, 3.63) is 59.7 Å². The summed E-state index contributed by atoms with van der Waals surface area (Å²) >= 11 is 1.71. The van der Waals surface area contributed by atoms with Gasteiger partial charge in [0.25, 0.3) is 0 Å². The van der Waals surface area contributed by atoms with Crippen LogP contribution >= 0.6 is 11.3 Å². The quantitative estimate of drug-likeness (QED) is 0.683. The predicted molar refractivity (Wildman–Crippen MR) is 75.5 cm³/mol. The minimum Gasteiger partial charge on any atom is -0.264 e. The molecule has 0 aliphatic rings. The topological polar surface area (TPSA) is 25.8 Å². The second kappa shape index (κ2) is 4.70. The Morgan fingerprint density at radius 3 is 2.44 bits per heavy atom. The molecule has 0 atom stereocenters. The zero-order valence-corrected chi connectivity index (χ0v) is 10.8. The molecule has 2 nitrogen and oxygen atoms in total. The van der Waals surface area contributed by atoms with E-state index in [0.29, 0.717) is 0 Å². The van der Waals surface area contributed by atoms with Gasteiger partial charge in [-0.3, -0.25) is 4.98 Å². The van der Waals surface area contributed by atoms with Gasteiger partial charge in [0.15, 0.2) is 0 Å². The summed E-state index contributed by atoms with van der Waals surface area (Å²) in [7, 11) is 0. The monoisotopic (exact) mass is 252 g/mol. The van der Waals surface area contributed by atoms with E-state index < -0.39 is 0 Å². The van der Waals surface area contributed by atoms with Crippen LogP contribution in [0.4, 0.5) is 0 Å². The molecule has 0 radical (unpaired) electrons. The molecule has 0 saturated carbocycles. The van der Waals surface area contributed by atoms with Crippen LogP contribution in [0.1, 0.15) is 4.88 Å². The first kappa shape index (κ1) is 11.1. The summed E-state index contributed by atoms with van der Waals surface area (Å²) in [4.78, 5) is 10.1. The molecule has 0 spiro atoms. The second-order valence-corrected chi connectivity index (χ2v) is 5.23. The van der Waals surface area contributed by atoms with Crippen molar-refractivity contribution in [2.45, 2.75) is 6.92 Å². The highest BCUT2D eigenvalue weighted by Crippen LogP contribution is 2.32. The molecule has 0 aliphatic carbocycles. The Morgan fingerprint density at radius 1 is 0.944 bits per heavy atom. The summed E-state index contributed by atoms with van der Waals surface area (Å²) in [6, 6.07) is 14.3. The summed E-state index contributed by atoms with van der Waals surface area (Å²) in [5, 5.41) is 1.03. The molecule has 0 aliphatic heterocycles. The highest BCUT2D eigenvalue weighted by atomic mass is 32.1. The molecule has 3 aromatic rings. The Kier molecular flexibility index (Phi) is 2.90. The van der Waals surface area contributed by atoms with Crippen molar-refractivity contribution in [3.8, 4) is 21.8 Å². The van der Waals surface area contributed by atoms with E-state index in [0.717, 1.165) is 16.3 Å². The number of hydrogen-bond acceptors (Lipinski definition) is 3. The Hall–Kier alpha value is -2.00. The number of aromatic nitrogens is 2. The number of nitrogens with zero attached hydrogens (tertiary/aromatic N) is 2. The molecule has 3 rings (SSSR count). The van der Waals surface area contributed by atoms with Gasteiger partial charge in [0.1, 0.15) is 5.01 Å². The van der Waals surface area contributed by atoms with Gasteiger partial charge in [-0.2, -0.15) is 0 Å². The molecular formula is C15H12N2S. The Balaban J connectivity index is 2.07. The summed E-state index contributed by atoms with van der Waals surface area (Å²) in [5.74, 6) is 0. The van der Waals surface area contributed by atoms with Crippen LogP contribution in [-0.2, 0) is 0 Å². The van der Waals surface area contributed by atoms with Crippen molar-refractivity contribution in [3.63, 3.8) is 0 Å². The van der Waals surface area contributed by atoms with Crippen LogP contribution < -0.4 is 0 Å². The lowest BCUT2D eigenvalue weighted by Crippen LogP contribution is -1.81. The first-order valence-electron chi connectivity index (χ1n) is 5.78. The second-order valence-electron chi connectivity index (χ2n) is 4.03. The SMILES string of the molecule is Cc1sc(-c2cccnc2)nc1-c1ccccc1. The third-order valence-electron chi connectivity index (χ3n) is 2.75. The molecule has 0 saturated heterocycles. The van der Waals surface area contributed by atoms with E-state index >= 15 is 0 Å². The normalized spacial score (nSPS) is 10.5. The summed E-state index contributed by atoms with van der Waals surface area (Å²) in [5.41, 5.74) is 3.31. The maximum Gasteiger partial charge on any atom is 0.125 e. The molecule has 0 bridgehead atoms. The molecule has 0 unspecified atom stereocenters.